The molecule has 108 valence electrons. The molecular formula is C17H20N4. The number of pyridine rings is 1. The molecule has 21 heavy (non-hydrogen) atoms. The van der Waals surface area contributed by atoms with Crippen LogP contribution in [0.25, 0.3) is 10.9 Å². The molecule has 4 heteroatoms. The molecule has 1 aliphatic carbocycles. The lowest BCUT2D eigenvalue weighted by Gasteiger charge is -2.25. The van der Waals surface area contributed by atoms with Gasteiger partial charge in [-0.25, -0.2) is 0 Å². The van der Waals surface area contributed by atoms with Crippen molar-refractivity contribution in [3.8, 4) is 6.07 Å². The first-order valence-electron chi connectivity index (χ1n) is 7.39. The van der Waals surface area contributed by atoms with Gasteiger partial charge in [-0.3, -0.25) is 4.98 Å². The van der Waals surface area contributed by atoms with Crippen LogP contribution in [0.5, 0.6) is 0 Å². The largest absolute Gasteiger partial charge is 0.382 e. The van der Waals surface area contributed by atoms with Crippen LogP contribution in [0.3, 0.4) is 0 Å². The van der Waals surface area contributed by atoms with Crippen LogP contribution < -0.4 is 5.32 Å². The highest BCUT2D eigenvalue weighted by atomic mass is 15.1. The van der Waals surface area contributed by atoms with Crippen molar-refractivity contribution in [1.82, 2.24) is 9.88 Å². The zero-order valence-electron chi connectivity index (χ0n) is 12.5. The summed E-state index contributed by atoms with van der Waals surface area (Å²) >= 11 is 0. The first-order chi connectivity index (χ1) is 10.2. The monoisotopic (exact) mass is 280 g/mol. The Balaban J connectivity index is 1.90. The van der Waals surface area contributed by atoms with Gasteiger partial charge >= 0.3 is 0 Å². The number of nitrogens with zero attached hydrogens (tertiary/aromatic N) is 3. The predicted molar refractivity (Wildman–Crippen MR) is 85.1 cm³/mol. The number of fused-ring (bicyclic) bond motifs is 1. The van der Waals surface area contributed by atoms with Crippen molar-refractivity contribution >= 4 is 16.6 Å². The fourth-order valence-corrected chi connectivity index (χ4v) is 2.88. The van der Waals surface area contributed by atoms with E-state index in [9.17, 15) is 5.26 Å². The molecule has 1 fully saturated rings. The van der Waals surface area contributed by atoms with E-state index in [0.717, 1.165) is 29.1 Å². The topological polar surface area (TPSA) is 52.0 Å². The number of benzene rings is 1. The van der Waals surface area contributed by atoms with E-state index in [1.807, 2.05) is 24.3 Å². The molecule has 2 aromatic rings. The summed E-state index contributed by atoms with van der Waals surface area (Å²) in [7, 11) is 4.25. The highest BCUT2D eigenvalue weighted by molar-refractivity contribution is 5.93. The van der Waals surface area contributed by atoms with Gasteiger partial charge in [0.05, 0.1) is 16.8 Å². The van der Waals surface area contributed by atoms with E-state index in [2.05, 4.69) is 35.4 Å². The molecular weight excluding hydrogens is 260 g/mol. The summed E-state index contributed by atoms with van der Waals surface area (Å²) < 4.78 is 0. The molecule has 1 saturated carbocycles. The number of nitriles is 1. The molecule has 3 rings (SSSR count). The van der Waals surface area contributed by atoms with Gasteiger partial charge in [-0.1, -0.05) is 18.2 Å². The summed E-state index contributed by atoms with van der Waals surface area (Å²) in [5.74, 6) is 0.783. The molecule has 1 unspecified atom stereocenters. The Labute approximate surface area is 125 Å². The molecule has 0 saturated heterocycles. The van der Waals surface area contributed by atoms with E-state index in [1.165, 1.54) is 12.8 Å². The third-order valence-electron chi connectivity index (χ3n) is 4.21. The molecule has 0 aliphatic heterocycles. The van der Waals surface area contributed by atoms with E-state index < -0.39 is 0 Å². The zero-order chi connectivity index (χ0) is 14.8. The Morgan fingerprint density at radius 2 is 2.14 bits per heavy atom. The van der Waals surface area contributed by atoms with E-state index in [-0.39, 0.29) is 0 Å². The fourth-order valence-electron chi connectivity index (χ4n) is 2.88. The Morgan fingerprint density at radius 1 is 1.38 bits per heavy atom. The number of aromatic nitrogens is 1. The first-order valence-corrected chi connectivity index (χ1v) is 7.39. The van der Waals surface area contributed by atoms with Crippen molar-refractivity contribution in [2.75, 3.05) is 26.0 Å². The normalized spacial score (nSPS) is 15.9. The van der Waals surface area contributed by atoms with Crippen LogP contribution in [0.4, 0.5) is 5.69 Å². The molecule has 1 N–H and O–H groups in total. The van der Waals surface area contributed by atoms with Crippen LogP contribution in [-0.4, -0.2) is 36.6 Å². The number of para-hydroxylation sites is 1. The number of likely N-dealkylation sites (N-methyl/N-ethyl adjacent to an activating group) is 1. The maximum atomic E-state index is 9.33. The SMILES string of the molecule is CN(C)C(CNc1c(C#N)cnc2ccccc12)C1CC1. The van der Waals surface area contributed by atoms with Crippen molar-refractivity contribution in [3.63, 3.8) is 0 Å². The van der Waals surface area contributed by atoms with Gasteiger partial charge < -0.3 is 10.2 Å². The molecule has 0 bridgehead atoms. The van der Waals surface area contributed by atoms with Crippen molar-refractivity contribution in [3.05, 3.63) is 36.0 Å². The molecule has 0 radical (unpaired) electrons. The van der Waals surface area contributed by atoms with E-state index >= 15 is 0 Å². The molecule has 1 aromatic carbocycles. The van der Waals surface area contributed by atoms with Crippen LogP contribution in [0.15, 0.2) is 30.5 Å². The van der Waals surface area contributed by atoms with Gasteiger partial charge in [0.1, 0.15) is 6.07 Å². The molecule has 1 aromatic heterocycles. The molecule has 1 atom stereocenters. The first kappa shape index (κ1) is 13.8. The summed E-state index contributed by atoms with van der Waals surface area (Å²) in [6, 6.07) is 10.7. The summed E-state index contributed by atoms with van der Waals surface area (Å²) in [5.41, 5.74) is 2.45. The zero-order valence-corrected chi connectivity index (χ0v) is 12.5. The average molecular weight is 280 g/mol. The second kappa shape index (κ2) is 5.71. The highest BCUT2D eigenvalue weighted by Gasteiger charge is 2.32. The summed E-state index contributed by atoms with van der Waals surface area (Å²) in [6.07, 6.45) is 4.28. The van der Waals surface area contributed by atoms with Crippen LogP contribution in [-0.2, 0) is 0 Å². The van der Waals surface area contributed by atoms with Gasteiger partial charge in [0.15, 0.2) is 0 Å². The van der Waals surface area contributed by atoms with Gasteiger partial charge in [0.2, 0.25) is 0 Å². The third kappa shape index (κ3) is 2.84. The van der Waals surface area contributed by atoms with E-state index in [1.54, 1.807) is 6.20 Å². The van der Waals surface area contributed by atoms with Gasteiger partial charge in [-0.05, 0) is 38.9 Å². The second-order valence-electron chi connectivity index (χ2n) is 5.93. The Kier molecular flexibility index (Phi) is 3.76. The Bertz CT molecular complexity index is 681. The highest BCUT2D eigenvalue weighted by Crippen LogP contribution is 2.35. The molecule has 1 aliphatic rings. The quantitative estimate of drug-likeness (QED) is 0.915. The van der Waals surface area contributed by atoms with E-state index in [4.69, 9.17) is 0 Å². The molecule has 4 nitrogen and oxygen atoms in total. The lowest BCUT2D eigenvalue weighted by molar-refractivity contribution is 0.276. The smallest absolute Gasteiger partial charge is 0.103 e. The minimum atomic E-state index is 0.517. The minimum Gasteiger partial charge on any atom is -0.382 e. The third-order valence-corrected chi connectivity index (χ3v) is 4.21. The summed E-state index contributed by atoms with van der Waals surface area (Å²) in [5, 5.41) is 13.9. The van der Waals surface area contributed by atoms with Crippen molar-refractivity contribution in [2.45, 2.75) is 18.9 Å². The number of anilines is 1. The lowest BCUT2D eigenvalue weighted by Crippen LogP contribution is -2.36. The van der Waals surface area contributed by atoms with Crippen LogP contribution in [0, 0.1) is 17.2 Å². The van der Waals surface area contributed by atoms with Gasteiger partial charge in [-0.2, -0.15) is 5.26 Å². The Hall–Kier alpha value is -2.12. The summed E-state index contributed by atoms with van der Waals surface area (Å²) in [6.45, 7) is 0.861. The molecule has 1 heterocycles. The van der Waals surface area contributed by atoms with Crippen LogP contribution in [0.2, 0.25) is 0 Å². The number of hydrogen-bond donors (Lipinski definition) is 1. The van der Waals surface area contributed by atoms with E-state index in [0.29, 0.717) is 11.6 Å². The standard InChI is InChI=1S/C17H20N4/c1-21(2)16(12-7-8-12)11-20-17-13(9-18)10-19-15-6-4-3-5-14(15)17/h3-6,10,12,16H,7-8,11H2,1-2H3,(H,19,20). The van der Waals surface area contributed by atoms with Gasteiger partial charge in [0.25, 0.3) is 0 Å². The van der Waals surface area contributed by atoms with Gasteiger partial charge in [-0.15, -0.1) is 0 Å². The van der Waals surface area contributed by atoms with Crippen molar-refractivity contribution < 1.29 is 0 Å². The van der Waals surface area contributed by atoms with Crippen molar-refractivity contribution in [2.24, 2.45) is 5.92 Å². The second-order valence-corrected chi connectivity index (χ2v) is 5.93. The van der Waals surface area contributed by atoms with Crippen LogP contribution >= 0.6 is 0 Å². The van der Waals surface area contributed by atoms with Gasteiger partial charge in [0, 0.05) is 24.2 Å². The maximum absolute atomic E-state index is 9.33. The lowest BCUT2D eigenvalue weighted by atomic mass is 10.1. The summed E-state index contributed by atoms with van der Waals surface area (Å²) in [4.78, 5) is 6.63. The average Bonchev–Trinajstić information content (AvgIpc) is 3.31. The minimum absolute atomic E-state index is 0.517. The maximum Gasteiger partial charge on any atom is 0.103 e. The predicted octanol–water partition coefficient (Wildman–Crippen LogP) is 2.86. The number of hydrogen-bond acceptors (Lipinski definition) is 4. The van der Waals surface area contributed by atoms with Crippen molar-refractivity contribution in [1.29, 1.82) is 5.26 Å². The van der Waals surface area contributed by atoms with Crippen LogP contribution in [0.1, 0.15) is 18.4 Å². The molecule has 0 spiro atoms. The Morgan fingerprint density at radius 3 is 2.81 bits per heavy atom. The fraction of sp³-hybridized carbons (Fsp3) is 0.412. The number of nitrogens with one attached hydrogen (secondary N) is 1. The molecule has 0 amide bonds. The number of rotatable bonds is 5.